The van der Waals surface area contributed by atoms with E-state index in [0.717, 1.165) is 0 Å². The van der Waals surface area contributed by atoms with Crippen LogP contribution in [0.3, 0.4) is 0 Å². The molecule has 0 saturated carbocycles. The maximum absolute atomic E-state index is 9.10. The van der Waals surface area contributed by atoms with Gasteiger partial charge in [0, 0.05) is 0 Å². The van der Waals surface area contributed by atoms with E-state index in [-0.39, 0.29) is 68.9 Å². The van der Waals surface area contributed by atoms with Crippen LogP contribution in [0, 0.1) is 0 Å². The predicted octanol–water partition coefficient (Wildman–Crippen LogP) is -1.49. The molecule has 0 atom stereocenters. The Balaban J connectivity index is 0. The van der Waals surface area contributed by atoms with E-state index >= 15 is 0 Å². The summed E-state index contributed by atoms with van der Waals surface area (Å²) in [5.41, 5.74) is 0. The van der Waals surface area contributed by atoms with Crippen molar-refractivity contribution in [3.8, 4) is 0 Å². The van der Waals surface area contributed by atoms with Crippen molar-refractivity contribution in [1.82, 2.24) is 0 Å². The van der Waals surface area contributed by atoms with Gasteiger partial charge in [-0.2, -0.15) is 0 Å². The van der Waals surface area contributed by atoms with Gasteiger partial charge in [-0.1, -0.05) is 0 Å². The Morgan fingerprint density at radius 2 is 1.14 bits per heavy atom. The van der Waals surface area contributed by atoms with Crippen LogP contribution in [0.2, 0.25) is 0 Å². The van der Waals surface area contributed by atoms with Crippen LogP contribution in [-0.4, -0.2) is 91.0 Å². The summed E-state index contributed by atoms with van der Waals surface area (Å²) in [6.45, 7) is 0. The van der Waals surface area contributed by atoms with Gasteiger partial charge in [0.1, 0.15) is 0 Å². The van der Waals surface area contributed by atoms with Crippen molar-refractivity contribution in [3.05, 3.63) is 0 Å². The zero-order chi connectivity index (χ0) is 5.15. The third kappa shape index (κ3) is 6.99. The first-order chi connectivity index (χ1) is 2.64. The fourth-order valence-electron chi connectivity index (χ4n) is 0. The van der Waals surface area contributed by atoms with E-state index in [1.165, 1.54) is 0 Å². The van der Waals surface area contributed by atoms with Crippen molar-refractivity contribution < 1.29 is 19.8 Å². The molecule has 4 nitrogen and oxygen atoms in total. The monoisotopic (exact) mass is 224 g/mol. The van der Waals surface area contributed by atoms with E-state index in [1.807, 2.05) is 0 Å². The van der Waals surface area contributed by atoms with Crippen LogP contribution in [-0.2, 0) is 9.59 Å². The second kappa shape index (κ2) is 5.13. The SMILES string of the molecule is O=C(O)C(=O)O.[CsH]. The van der Waals surface area contributed by atoms with E-state index in [1.54, 1.807) is 0 Å². The Morgan fingerprint density at radius 3 is 1.14 bits per heavy atom. The van der Waals surface area contributed by atoms with Gasteiger partial charge >= 0.3 is 80.8 Å². The Kier molecular flexibility index (Phi) is 7.98. The fourth-order valence-corrected chi connectivity index (χ4v) is 0. The maximum atomic E-state index is 9.10. The third-order valence-electron chi connectivity index (χ3n) is 0.183. The number of hydrogen-bond donors (Lipinski definition) is 2. The van der Waals surface area contributed by atoms with Gasteiger partial charge < -0.3 is 10.2 Å². The molecule has 0 radical (unpaired) electrons. The second-order valence-electron chi connectivity index (χ2n) is 0.610. The molecule has 0 aromatic rings. The summed E-state index contributed by atoms with van der Waals surface area (Å²) >= 11 is 0. The van der Waals surface area contributed by atoms with Crippen LogP contribution >= 0.6 is 0 Å². The van der Waals surface area contributed by atoms with E-state index in [4.69, 9.17) is 19.8 Å². The van der Waals surface area contributed by atoms with Gasteiger partial charge in [-0.25, -0.2) is 9.59 Å². The molecule has 7 heavy (non-hydrogen) atoms. The molecular formula is C2H3CsO4. The first-order valence-corrected chi connectivity index (χ1v) is 1.11. The molecule has 2 N–H and O–H groups in total. The van der Waals surface area contributed by atoms with Gasteiger partial charge in [0.2, 0.25) is 0 Å². The predicted molar refractivity (Wildman–Crippen MR) is 22.4 cm³/mol. The molecule has 0 aliphatic carbocycles. The molecule has 0 saturated heterocycles. The van der Waals surface area contributed by atoms with Crippen LogP contribution in [0.4, 0.5) is 0 Å². The standard InChI is InChI=1S/C2H2O4.Cs.H/c3-1(4)2(5)6;;/h(H,3,4)(H,5,6);;. The molecule has 0 aromatic carbocycles. The summed E-state index contributed by atoms with van der Waals surface area (Å²) in [6.07, 6.45) is 0. The minimum absolute atomic E-state index is 0. The van der Waals surface area contributed by atoms with Gasteiger partial charge in [0.15, 0.2) is 0 Å². The molecule has 0 spiro atoms. The molecule has 0 rings (SSSR count). The summed E-state index contributed by atoms with van der Waals surface area (Å²) in [5, 5.41) is 14.8. The summed E-state index contributed by atoms with van der Waals surface area (Å²) in [6, 6.07) is 0. The molecule has 0 aromatic heterocycles. The number of aliphatic carboxylic acids is 2. The van der Waals surface area contributed by atoms with E-state index in [9.17, 15) is 0 Å². The third-order valence-corrected chi connectivity index (χ3v) is 0.183. The number of carboxylic acid groups (broad SMARTS) is 2. The minimum atomic E-state index is -1.82. The molecule has 0 amide bonds. The van der Waals surface area contributed by atoms with Gasteiger partial charge in [-0.15, -0.1) is 0 Å². The average molecular weight is 224 g/mol. The Morgan fingerprint density at radius 1 is 1.00 bits per heavy atom. The summed E-state index contributed by atoms with van der Waals surface area (Å²) in [4.78, 5) is 18.2. The zero-order valence-corrected chi connectivity index (χ0v) is 2.71. The van der Waals surface area contributed by atoms with Crippen molar-refractivity contribution >= 4 is 80.8 Å². The van der Waals surface area contributed by atoms with Gasteiger partial charge in [0.25, 0.3) is 0 Å². The van der Waals surface area contributed by atoms with E-state index < -0.39 is 11.9 Å². The number of carbonyl (C=O) groups is 2. The van der Waals surface area contributed by atoms with Crippen LogP contribution < -0.4 is 0 Å². The summed E-state index contributed by atoms with van der Waals surface area (Å²) in [5.74, 6) is -3.65. The Labute approximate surface area is 98.3 Å². The van der Waals surface area contributed by atoms with Gasteiger partial charge in [-0.05, 0) is 0 Å². The van der Waals surface area contributed by atoms with Crippen molar-refractivity contribution in [2.24, 2.45) is 0 Å². The Hall–Kier alpha value is 0.992. The van der Waals surface area contributed by atoms with Crippen LogP contribution in [0.1, 0.15) is 0 Å². The molecular weight excluding hydrogens is 221 g/mol. The molecule has 0 aliphatic heterocycles. The van der Waals surface area contributed by atoms with Gasteiger partial charge in [0.05, 0.1) is 0 Å². The molecule has 0 aliphatic rings. The zero-order valence-electron chi connectivity index (χ0n) is 2.71. The summed E-state index contributed by atoms with van der Waals surface area (Å²) < 4.78 is 0. The Bertz CT molecular complexity index is 75.7. The van der Waals surface area contributed by atoms with Crippen LogP contribution in [0.25, 0.3) is 0 Å². The molecule has 5 heteroatoms. The summed E-state index contributed by atoms with van der Waals surface area (Å²) in [7, 11) is 0. The number of carboxylic acids is 2. The topological polar surface area (TPSA) is 74.6 Å². The molecule has 0 fully saturated rings. The average Bonchev–Trinajstić information content (AvgIpc) is 1.36. The van der Waals surface area contributed by atoms with Crippen molar-refractivity contribution in [1.29, 1.82) is 0 Å². The first-order valence-electron chi connectivity index (χ1n) is 1.11. The van der Waals surface area contributed by atoms with Crippen molar-refractivity contribution in [2.45, 2.75) is 0 Å². The molecule has 0 unspecified atom stereocenters. The second-order valence-corrected chi connectivity index (χ2v) is 0.610. The van der Waals surface area contributed by atoms with Crippen molar-refractivity contribution in [3.63, 3.8) is 0 Å². The van der Waals surface area contributed by atoms with Crippen LogP contribution in [0.5, 0.6) is 0 Å². The number of hydrogen-bond acceptors (Lipinski definition) is 2. The normalized spacial score (nSPS) is 6.29. The van der Waals surface area contributed by atoms with E-state index in [2.05, 4.69) is 0 Å². The number of rotatable bonds is 0. The van der Waals surface area contributed by atoms with E-state index in [0.29, 0.717) is 0 Å². The van der Waals surface area contributed by atoms with Gasteiger partial charge in [-0.3, -0.25) is 0 Å². The molecule has 0 heterocycles. The quantitative estimate of drug-likeness (QED) is 0.491. The fraction of sp³-hybridized carbons (Fsp3) is 0. The molecule has 36 valence electrons. The molecule has 0 bridgehead atoms. The van der Waals surface area contributed by atoms with Crippen LogP contribution in [0.15, 0.2) is 0 Å². The van der Waals surface area contributed by atoms with Crippen molar-refractivity contribution in [2.75, 3.05) is 0 Å². The first kappa shape index (κ1) is 10.9.